The van der Waals surface area contributed by atoms with E-state index in [0.717, 1.165) is 18.7 Å². The molecule has 6 nitrogen and oxygen atoms in total. The minimum atomic E-state index is 0.0961. The first-order valence-electron chi connectivity index (χ1n) is 8.55. The molecule has 0 N–H and O–H groups in total. The molecule has 0 saturated carbocycles. The summed E-state index contributed by atoms with van der Waals surface area (Å²) in [6, 6.07) is 13.9. The van der Waals surface area contributed by atoms with Crippen molar-refractivity contribution < 1.29 is 9.32 Å². The Hall–Kier alpha value is -2.89. The Labute approximate surface area is 146 Å². The number of fused-ring (bicyclic) bond motifs is 1. The Morgan fingerprint density at radius 3 is 2.88 bits per heavy atom. The minimum Gasteiger partial charge on any atom is -0.348 e. The monoisotopic (exact) mass is 336 g/mol. The van der Waals surface area contributed by atoms with Crippen molar-refractivity contribution in [2.45, 2.75) is 32.4 Å². The maximum Gasteiger partial charge on any atom is 0.227 e. The number of nitrogens with zero attached hydrogens (tertiary/aromatic N) is 4. The van der Waals surface area contributed by atoms with E-state index < -0.39 is 0 Å². The molecule has 0 fully saturated rings. The van der Waals surface area contributed by atoms with E-state index in [4.69, 9.17) is 4.52 Å². The molecule has 25 heavy (non-hydrogen) atoms. The van der Waals surface area contributed by atoms with Crippen molar-refractivity contribution >= 4 is 5.91 Å². The van der Waals surface area contributed by atoms with E-state index in [-0.39, 0.29) is 11.9 Å². The second kappa shape index (κ2) is 6.55. The molecule has 3 aromatic rings. The lowest BCUT2D eigenvalue weighted by atomic mass is 10.1. The van der Waals surface area contributed by atoms with Gasteiger partial charge >= 0.3 is 0 Å². The zero-order valence-corrected chi connectivity index (χ0v) is 14.1. The SMILES string of the molecule is C[C@@H]1c2cccn2CCN1C(=O)CCc1nc(-c2ccccc2)no1. The molecule has 2 aromatic heterocycles. The van der Waals surface area contributed by atoms with Gasteiger partial charge in [-0.1, -0.05) is 35.5 Å². The Morgan fingerprint density at radius 1 is 1.20 bits per heavy atom. The van der Waals surface area contributed by atoms with Crippen molar-refractivity contribution in [1.82, 2.24) is 19.6 Å². The summed E-state index contributed by atoms with van der Waals surface area (Å²) in [5.41, 5.74) is 2.10. The highest BCUT2D eigenvalue weighted by molar-refractivity contribution is 5.77. The molecule has 1 aliphatic rings. The predicted octanol–water partition coefficient (Wildman–Crippen LogP) is 3.07. The molecular formula is C19H20N4O2. The largest absolute Gasteiger partial charge is 0.348 e. The topological polar surface area (TPSA) is 64.2 Å². The van der Waals surface area contributed by atoms with Gasteiger partial charge in [0.15, 0.2) is 0 Å². The second-order valence-corrected chi connectivity index (χ2v) is 6.27. The van der Waals surface area contributed by atoms with E-state index in [1.165, 1.54) is 5.69 Å². The summed E-state index contributed by atoms with van der Waals surface area (Å²) in [4.78, 5) is 18.9. The van der Waals surface area contributed by atoms with Gasteiger partial charge in [0, 0.05) is 43.4 Å². The molecule has 0 saturated heterocycles. The number of carbonyl (C=O) groups is 1. The first-order valence-corrected chi connectivity index (χ1v) is 8.55. The summed E-state index contributed by atoms with van der Waals surface area (Å²) in [5.74, 6) is 1.19. The molecule has 0 unspecified atom stereocenters. The van der Waals surface area contributed by atoms with Crippen LogP contribution in [0.5, 0.6) is 0 Å². The number of aromatic nitrogens is 3. The van der Waals surface area contributed by atoms with E-state index in [2.05, 4.69) is 33.9 Å². The zero-order valence-electron chi connectivity index (χ0n) is 14.1. The fourth-order valence-corrected chi connectivity index (χ4v) is 3.34. The van der Waals surface area contributed by atoms with Gasteiger partial charge in [0.25, 0.3) is 0 Å². The third-order valence-corrected chi connectivity index (χ3v) is 4.72. The summed E-state index contributed by atoms with van der Waals surface area (Å²) in [6.45, 7) is 3.65. The van der Waals surface area contributed by atoms with Crippen LogP contribution < -0.4 is 0 Å². The van der Waals surface area contributed by atoms with Crippen LogP contribution in [0.1, 0.15) is 31.0 Å². The quantitative estimate of drug-likeness (QED) is 0.734. The van der Waals surface area contributed by atoms with Crippen molar-refractivity contribution in [2.24, 2.45) is 0 Å². The van der Waals surface area contributed by atoms with Crippen LogP contribution in [0.2, 0.25) is 0 Å². The van der Waals surface area contributed by atoms with Gasteiger partial charge in [0.1, 0.15) is 0 Å². The molecule has 6 heteroatoms. The Balaban J connectivity index is 1.39. The molecule has 0 radical (unpaired) electrons. The maximum atomic E-state index is 12.6. The molecule has 1 atom stereocenters. The summed E-state index contributed by atoms with van der Waals surface area (Å²) in [7, 11) is 0. The lowest BCUT2D eigenvalue weighted by molar-refractivity contribution is -0.134. The van der Waals surface area contributed by atoms with E-state index in [1.54, 1.807) is 0 Å². The van der Waals surface area contributed by atoms with E-state index in [9.17, 15) is 4.79 Å². The van der Waals surface area contributed by atoms with Gasteiger partial charge < -0.3 is 14.0 Å². The van der Waals surface area contributed by atoms with Crippen LogP contribution in [0, 0.1) is 0 Å². The molecule has 1 amide bonds. The number of carbonyl (C=O) groups excluding carboxylic acids is 1. The molecule has 1 aliphatic heterocycles. The van der Waals surface area contributed by atoms with Crippen molar-refractivity contribution in [3.8, 4) is 11.4 Å². The number of benzene rings is 1. The number of hydrogen-bond acceptors (Lipinski definition) is 4. The van der Waals surface area contributed by atoms with Crippen LogP contribution in [0.15, 0.2) is 53.2 Å². The van der Waals surface area contributed by atoms with Gasteiger partial charge in [-0.2, -0.15) is 4.98 Å². The van der Waals surface area contributed by atoms with Crippen molar-refractivity contribution in [1.29, 1.82) is 0 Å². The lowest BCUT2D eigenvalue weighted by Gasteiger charge is -2.35. The number of amides is 1. The fourth-order valence-electron chi connectivity index (χ4n) is 3.34. The third kappa shape index (κ3) is 3.07. The van der Waals surface area contributed by atoms with Gasteiger partial charge in [-0.15, -0.1) is 0 Å². The molecular weight excluding hydrogens is 316 g/mol. The minimum absolute atomic E-state index is 0.0961. The van der Waals surface area contributed by atoms with Crippen LogP contribution in [-0.4, -0.2) is 32.1 Å². The predicted molar refractivity (Wildman–Crippen MR) is 92.6 cm³/mol. The highest BCUT2D eigenvalue weighted by Gasteiger charge is 2.27. The second-order valence-electron chi connectivity index (χ2n) is 6.27. The lowest BCUT2D eigenvalue weighted by Crippen LogP contribution is -2.40. The standard InChI is InChI=1S/C19H20N4O2/c1-14-16-8-5-11-22(16)12-13-23(14)18(24)10-9-17-20-19(21-25-17)15-6-3-2-4-7-15/h2-8,11,14H,9-10,12-13H2,1H3/t14-/m1/s1. The first kappa shape index (κ1) is 15.6. The Morgan fingerprint density at radius 2 is 2.04 bits per heavy atom. The molecule has 0 aliphatic carbocycles. The first-order chi connectivity index (χ1) is 12.2. The summed E-state index contributed by atoms with van der Waals surface area (Å²) < 4.78 is 7.50. The van der Waals surface area contributed by atoms with Crippen molar-refractivity contribution in [3.63, 3.8) is 0 Å². The highest BCUT2D eigenvalue weighted by atomic mass is 16.5. The Bertz CT molecular complexity index is 868. The van der Waals surface area contributed by atoms with Gasteiger partial charge in [0.05, 0.1) is 6.04 Å². The van der Waals surface area contributed by atoms with Crippen LogP contribution in [0.3, 0.4) is 0 Å². The van der Waals surface area contributed by atoms with E-state index >= 15 is 0 Å². The van der Waals surface area contributed by atoms with Gasteiger partial charge in [-0.25, -0.2) is 0 Å². The van der Waals surface area contributed by atoms with Crippen LogP contribution >= 0.6 is 0 Å². The molecule has 1 aromatic carbocycles. The van der Waals surface area contributed by atoms with Crippen molar-refractivity contribution in [3.05, 3.63) is 60.2 Å². The van der Waals surface area contributed by atoms with E-state index in [0.29, 0.717) is 24.6 Å². The summed E-state index contributed by atoms with van der Waals surface area (Å²) >= 11 is 0. The zero-order chi connectivity index (χ0) is 17.2. The third-order valence-electron chi connectivity index (χ3n) is 4.72. The molecule has 3 heterocycles. The van der Waals surface area contributed by atoms with Crippen molar-refractivity contribution in [2.75, 3.05) is 6.54 Å². The number of aryl methyl sites for hydroxylation is 1. The molecule has 0 bridgehead atoms. The smallest absolute Gasteiger partial charge is 0.227 e. The van der Waals surface area contributed by atoms with E-state index in [1.807, 2.05) is 41.3 Å². The van der Waals surface area contributed by atoms with Crippen LogP contribution in [0.4, 0.5) is 0 Å². The number of hydrogen-bond donors (Lipinski definition) is 0. The molecule has 0 spiro atoms. The molecule has 128 valence electrons. The average molecular weight is 336 g/mol. The summed E-state index contributed by atoms with van der Waals surface area (Å²) in [5, 5.41) is 4.00. The maximum absolute atomic E-state index is 12.6. The van der Waals surface area contributed by atoms with Gasteiger partial charge in [-0.05, 0) is 19.1 Å². The Kier molecular flexibility index (Phi) is 4.09. The van der Waals surface area contributed by atoms with Crippen LogP contribution in [-0.2, 0) is 17.8 Å². The summed E-state index contributed by atoms with van der Waals surface area (Å²) in [6.07, 6.45) is 2.90. The molecule has 4 rings (SSSR count). The highest BCUT2D eigenvalue weighted by Crippen LogP contribution is 2.26. The number of rotatable bonds is 4. The fraction of sp³-hybridized carbons (Fsp3) is 0.316. The average Bonchev–Trinajstić information content (AvgIpc) is 3.30. The van der Waals surface area contributed by atoms with Gasteiger partial charge in [-0.3, -0.25) is 4.79 Å². The van der Waals surface area contributed by atoms with Crippen LogP contribution in [0.25, 0.3) is 11.4 Å². The van der Waals surface area contributed by atoms with Gasteiger partial charge in [0.2, 0.25) is 17.6 Å². The normalized spacial score (nSPS) is 16.7.